The smallest absolute Gasteiger partial charge is 0.401 e. The molecule has 0 spiro atoms. The molecule has 0 saturated heterocycles. The summed E-state index contributed by atoms with van der Waals surface area (Å²) in [4.78, 5) is 1.04. The van der Waals surface area contributed by atoms with Crippen LogP contribution in [0.25, 0.3) is 0 Å². The van der Waals surface area contributed by atoms with Gasteiger partial charge in [-0.25, -0.2) is 8.42 Å². The number of alkyl halides is 3. The molecule has 1 aromatic carbocycles. The minimum absolute atomic E-state index is 0.125. The van der Waals surface area contributed by atoms with Crippen molar-refractivity contribution in [2.24, 2.45) is 0 Å². The molecule has 0 aromatic heterocycles. The number of hydrogen-bond donors (Lipinski definition) is 0. The maximum absolute atomic E-state index is 11.0. The van der Waals surface area contributed by atoms with Gasteiger partial charge in [-0.15, -0.1) is 0 Å². The summed E-state index contributed by atoms with van der Waals surface area (Å²) in [6.45, 7) is 6.11. The van der Waals surface area contributed by atoms with E-state index in [1.807, 2.05) is 45.0 Å². The van der Waals surface area contributed by atoms with Crippen molar-refractivity contribution in [3.8, 4) is 5.75 Å². The molecule has 0 bridgehead atoms. The Balaban J connectivity index is 0.000000400. The summed E-state index contributed by atoms with van der Waals surface area (Å²) >= 11 is 3.44. The third-order valence-corrected chi connectivity index (χ3v) is 2.59. The first-order chi connectivity index (χ1) is 9.18. The second kappa shape index (κ2) is 7.37. The van der Waals surface area contributed by atoms with Gasteiger partial charge in [-0.3, -0.25) is 0 Å². The van der Waals surface area contributed by atoms with E-state index >= 15 is 0 Å². The van der Waals surface area contributed by atoms with Crippen LogP contribution in [0.4, 0.5) is 13.2 Å². The van der Waals surface area contributed by atoms with Crippen molar-refractivity contribution in [1.29, 1.82) is 0 Å². The average molecular weight is 346 g/mol. The Bertz CT molecular complexity index is 548. The van der Waals surface area contributed by atoms with Gasteiger partial charge < -0.3 is 9.29 Å². The zero-order valence-electron chi connectivity index (χ0n) is 11.7. The monoisotopic (exact) mass is 346 g/mol. The SMILES string of the molecule is CC(C)(C)Oc1cccc([SH2+])c1.O=S(=O)([O-])CC(F)(F)F. The third kappa shape index (κ3) is 13.8. The summed E-state index contributed by atoms with van der Waals surface area (Å²) < 4.78 is 66.7. The van der Waals surface area contributed by atoms with Gasteiger partial charge in [-0.2, -0.15) is 13.2 Å². The second-order valence-electron chi connectivity index (χ2n) is 5.06. The van der Waals surface area contributed by atoms with Crippen LogP contribution in [-0.4, -0.2) is 30.5 Å². The molecular weight excluding hydrogens is 329 g/mol. The number of benzene rings is 1. The van der Waals surface area contributed by atoms with Crippen LogP contribution < -0.4 is 4.74 Å². The van der Waals surface area contributed by atoms with Gasteiger partial charge >= 0.3 is 6.18 Å². The number of halogens is 3. The molecule has 1 aromatic rings. The standard InChI is InChI=1S/C10H14OS.C2H3F3O3S/c1-10(2,3)11-8-5-4-6-9(12)7-8;3-2(4,5)1-9(6,7)8/h4-7,12H,1-3H3;1H2,(H,6,7,8). The lowest BCUT2D eigenvalue weighted by atomic mass is 10.2. The highest BCUT2D eigenvalue weighted by molar-refractivity contribution is 7.85. The first-order valence-electron chi connectivity index (χ1n) is 5.69. The number of rotatable bonds is 2. The molecule has 0 N–H and O–H groups in total. The van der Waals surface area contributed by atoms with E-state index in [1.165, 1.54) is 0 Å². The Kier molecular flexibility index (Phi) is 7.04. The van der Waals surface area contributed by atoms with Crippen molar-refractivity contribution in [2.75, 3.05) is 5.75 Å². The molecule has 0 aliphatic heterocycles. The van der Waals surface area contributed by atoms with Crippen molar-refractivity contribution in [2.45, 2.75) is 37.4 Å². The lowest BCUT2D eigenvalue weighted by molar-refractivity contribution is -0.107. The first-order valence-corrected chi connectivity index (χ1v) is 7.77. The van der Waals surface area contributed by atoms with Crippen molar-refractivity contribution in [3.05, 3.63) is 24.3 Å². The Morgan fingerprint density at radius 3 is 2.05 bits per heavy atom. The summed E-state index contributed by atoms with van der Waals surface area (Å²) in [5, 5.41) is 0. The Hall–Kier alpha value is -0.930. The fourth-order valence-corrected chi connectivity index (χ4v) is 1.75. The Labute approximate surface area is 127 Å². The highest BCUT2D eigenvalue weighted by atomic mass is 32.2. The summed E-state index contributed by atoms with van der Waals surface area (Å²) in [7, 11) is -5.16. The number of ether oxygens (including phenoxy) is 1. The largest absolute Gasteiger partial charge is 0.748 e. The highest BCUT2D eigenvalue weighted by Gasteiger charge is 2.30. The zero-order chi connectivity index (χ0) is 16.9. The predicted octanol–water partition coefficient (Wildman–Crippen LogP) is 2.33. The molecule has 9 heteroatoms. The predicted molar refractivity (Wildman–Crippen MR) is 75.9 cm³/mol. The molecule has 0 fully saturated rings. The molecule has 0 radical (unpaired) electrons. The molecule has 1 rings (SSSR count). The Morgan fingerprint density at radius 1 is 1.24 bits per heavy atom. The maximum Gasteiger partial charge on any atom is 0.401 e. The number of hydrogen-bond acceptors (Lipinski definition) is 4. The summed E-state index contributed by atoms with van der Waals surface area (Å²) in [5.41, 5.74) is -0.125. The minimum Gasteiger partial charge on any atom is -0.748 e. The van der Waals surface area contributed by atoms with Gasteiger partial charge in [-0.1, -0.05) is 6.07 Å². The second-order valence-corrected chi connectivity index (χ2v) is 7.04. The van der Waals surface area contributed by atoms with Gasteiger partial charge in [-0.05, 0) is 45.5 Å². The zero-order valence-corrected chi connectivity index (χ0v) is 13.5. The van der Waals surface area contributed by atoms with Crippen LogP contribution >= 0.6 is 0 Å². The maximum atomic E-state index is 11.0. The molecule has 0 heterocycles. The molecule has 0 unspecified atom stereocenters. The van der Waals surface area contributed by atoms with E-state index in [2.05, 4.69) is 12.6 Å². The van der Waals surface area contributed by atoms with Gasteiger partial charge in [0, 0.05) is 6.07 Å². The Morgan fingerprint density at radius 2 is 1.76 bits per heavy atom. The lowest BCUT2D eigenvalue weighted by Gasteiger charge is -2.20. The van der Waals surface area contributed by atoms with Crippen LogP contribution in [0.5, 0.6) is 5.75 Å². The van der Waals surface area contributed by atoms with E-state index in [0.717, 1.165) is 10.6 Å². The van der Waals surface area contributed by atoms with Crippen LogP contribution in [0.2, 0.25) is 0 Å². The summed E-state index contributed by atoms with van der Waals surface area (Å²) in [6, 6.07) is 7.85. The van der Waals surface area contributed by atoms with Gasteiger partial charge in [0.25, 0.3) is 0 Å². The topological polar surface area (TPSA) is 66.4 Å². The molecule has 0 saturated carbocycles. The first kappa shape index (κ1) is 20.1. The molecule has 0 aliphatic rings. The van der Waals surface area contributed by atoms with Crippen LogP contribution in [-0.2, 0) is 22.7 Å². The molecule has 21 heavy (non-hydrogen) atoms. The average Bonchev–Trinajstić information content (AvgIpc) is 2.08. The molecule has 0 aliphatic carbocycles. The van der Waals surface area contributed by atoms with E-state index in [1.54, 1.807) is 0 Å². The van der Waals surface area contributed by atoms with E-state index in [4.69, 9.17) is 4.74 Å². The van der Waals surface area contributed by atoms with Crippen molar-refractivity contribution in [3.63, 3.8) is 0 Å². The molecule has 4 nitrogen and oxygen atoms in total. The van der Waals surface area contributed by atoms with E-state index in [0.29, 0.717) is 0 Å². The van der Waals surface area contributed by atoms with Crippen LogP contribution in [0.15, 0.2) is 29.2 Å². The molecular formula is C12H17F3O4S2. The molecule has 0 atom stereocenters. The van der Waals surface area contributed by atoms with Crippen molar-refractivity contribution >= 4 is 22.7 Å². The fourth-order valence-electron chi connectivity index (χ4n) is 1.11. The van der Waals surface area contributed by atoms with Gasteiger partial charge in [0.2, 0.25) is 0 Å². The van der Waals surface area contributed by atoms with E-state index in [9.17, 15) is 26.1 Å². The highest BCUT2D eigenvalue weighted by Crippen LogP contribution is 2.18. The van der Waals surface area contributed by atoms with E-state index < -0.39 is 22.0 Å². The van der Waals surface area contributed by atoms with Crippen LogP contribution in [0.3, 0.4) is 0 Å². The van der Waals surface area contributed by atoms with Crippen molar-refractivity contribution < 1.29 is 30.9 Å². The van der Waals surface area contributed by atoms with Gasteiger partial charge in [0.05, 0.1) is 0 Å². The fraction of sp³-hybridized carbons (Fsp3) is 0.500. The van der Waals surface area contributed by atoms with Crippen LogP contribution in [0, 0.1) is 0 Å². The van der Waals surface area contributed by atoms with E-state index in [-0.39, 0.29) is 5.60 Å². The third-order valence-electron chi connectivity index (χ3n) is 1.60. The van der Waals surface area contributed by atoms with Gasteiger partial charge in [0.1, 0.15) is 27.2 Å². The normalized spacial score (nSPS) is 12.4. The van der Waals surface area contributed by atoms with Crippen LogP contribution in [0.1, 0.15) is 20.8 Å². The quantitative estimate of drug-likeness (QED) is 0.609. The lowest BCUT2D eigenvalue weighted by Crippen LogP contribution is -2.22. The molecule has 0 amide bonds. The molecule has 122 valence electrons. The van der Waals surface area contributed by atoms with Crippen molar-refractivity contribution in [1.82, 2.24) is 0 Å². The summed E-state index contributed by atoms with van der Waals surface area (Å²) in [6.07, 6.45) is -4.92. The van der Waals surface area contributed by atoms with Gasteiger partial charge in [0.15, 0.2) is 4.90 Å². The summed E-state index contributed by atoms with van der Waals surface area (Å²) in [5.74, 6) is -1.39. The minimum atomic E-state index is -5.16.